The topological polar surface area (TPSA) is 67.9 Å². The van der Waals surface area contributed by atoms with Crippen LogP contribution in [0, 0.1) is 5.82 Å². The highest BCUT2D eigenvalue weighted by atomic mass is 19.1. The second-order valence-electron chi connectivity index (χ2n) is 8.56. The van der Waals surface area contributed by atoms with Crippen LogP contribution in [0.15, 0.2) is 42.5 Å². The van der Waals surface area contributed by atoms with Crippen LogP contribution < -0.4 is 15.5 Å². The Hall–Kier alpha value is -2.97. The van der Waals surface area contributed by atoms with Gasteiger partial charge in [-0.25, -0.2) is 4.39 Å². The van der Waals surface area contributed by atoms with E-state index in [-0.39, 0.29) is 11.7 Å². The fourth-order valence-electron chi connectivity index (χ4n) is 4.40. The van der Waals surface area contributed by atoms with E-state index in [0.717, 1.165) is 44.7 Å². The van der Waals surface area contributed by atoms with Crippen molar-refractivity contribution in [3.63, 3.8) is 0 Å². The molecule has 2 heterocycles. The lowest BCUT2D eigenvalue weighted by Crippen LogP contribution is -2.49. The monoisotopic (exact) mass is 439 g/mol. The molecule has 1 fully saturated rings. The molecule has 8 heteroatoms. The Morgan fingerprint density at radius 2 is 1.75 bits per heavy atom. The zero-order chi connectivity index (χ0) is 22.7. The number of benzene rings is 2. The Bertz CT molecular complexity index is 990. The summed E-state index contributed by atoms with van der Waals surface area (Å²) in [5, 5.41) is 5.11. The summed E-state index contributed by atoms with van der Waals surface area (Å²) in [7, 11) is 4.20. The molecule has 2 aromatic carbocycles. The number of anilines is 2. The molecule has 2 amide bonds. The van der Waals surface area contributed by atoms with E-state index >= 15 is 0 Å². The van der Waals surface area contributed by atoms with Crippen LogP contribution in [0.2, 0.25) is 0 Å². The maximum atomic E-state index is 13.8. The third kappa shape index (κ3) is 4.92. The molecular formula is C24H30FN5O2. The summed E-state index contributed by atoms with van der Waals surface area (Å²) < 4.78 is 13.8. The van der Waals surface area contributed by atoms with Gasteiger partial charge in [-0.15, -0.1) is 0 Å². The van der Waals surface area contributed by atoms with Crippen molar-refractivity contribution >= 4 is 23.2 Å². The quantitative estimate of drug-likeness (QED) is 0.697. The maximum Gasteiger partial charge on any atom is 0.313 e. The molecule has 7 nitrogen and oxygen atoms in total. The smallest absolute Gasteiger partial charge is 0.313 e. The van der Waals surface area contributed by atoms with Gasteiger partial charge in [0, 0.05) is 52.0 Å². The van der Waals surface area contributed by atoms with E-state index in [1.165, 1.54) is 29.4 Å². The van der Waals surface area contributed by atoms with Crippen LogP contribution in [-0.2, 0) is 16.0 Å². The van der Waals surface area contributed by atoms with Crippen LogP contribution in [0.25, 0.3) is 0 Å². The van der Waals surface area contributed by atoms with Crippen LogP contribution in [-0.4, -0.2) is 75.0 Å². The fraction of sp³-hybridized carbons (Fsp3) is 0.417. The van der Waals surface area contributed by atoms with Gasteiger partial charge in [0.15, 0.2) is 0 Å². The predicted octanol–water partition coefficient (Wildman–Crippen LogP) is 1.86. The standard InChI is InChI=1S/C24H30FN5O2/c1-28-11-13-30(14-12-28)22(17-7-8-21-18(15-17)9-10-29(21)2)16-26-23(31)24(32)27-20-6-4-3-5-19(20)25/h3-8,15,22H,9-14,16H2,1-2H3,(H,26,31)(H,27,32)/t22-/m0/s1. The fourth-order valence-corrected chi connectivity index (χ4v) is 4.40. The van der Waals surface area contributed by atoms with Gasteiger partial charge < -0.3 is 20.4 Å². The Morgan fingerprint density at radius 3 is 2.50 bits per heavy atom. The maximum absolute atomic E-state index is 13.8. The molecule has 2 aliphatic heterocycles. The number of hydrogen-bond acceptors (Lipinski definition) is 5. The second-order valence-corrected chi connectivity index (χ2v) is 8.56. The van der Waals surface area contributed by atoms with Gasteiger partial charge in [0.05, 0.1) is 11.7 Å². The van der Waals surface area contributed by atoms with Crippen molar-refractivity contribution in [2.45, 2.75) is 12.5 Å². The van der Waals surface area contributed by atoms with E-state index in [0.29, 0.717) is 6.54 Å². The minimum atomic E-state index is -0.872. The summed E-state index contributed by atoms with van der Waals surface area (Å²) in [4.78, 5) is 31.7. The molecule has 0 spiro atoms. The number of para-hydroxylation sites is 1. The Kier molecular flexibility index (Phi) is 6.72. The van der Waals surface area contributed by atoms with E-state index in [2.05, 4.69) is 57.6 Å². The summed E-state index contributed by atoms with van der Waals surface area (Å²) in [6.45, 7) is 4.98. The molecule has 2 aromatic rings. The minimum absolute atomic E-state index is 0.00832. The van der Waals surface area contributed by atoms with Crippen molar-refractivity contribution in [3.05, 3.63) is 59.4 Å². The molecule has 1 atom stereocenters. The van der Waals surface area contributed by atoms with Crippen LogP contribution >= 0.6 is 0 Å². The first-order chi connectivity index (χ1) is 15.4. The molecule has 0 bridgehead atoms. The average Bonchev–Trinajstić information content (AvgIpc) is 3.16. The summed E-state index contributed by atoms with van der Waals surface area (Å²) in [5.41, 5.74) is 3.69. The SMILES string of the molecule is CN1CCN([C@@H](CNC(=O)C(=O)Nc2ccccc2F)c2ccc3c(c2)CCN3C)CC1. The highest BCUT2D eigenvalue weighted by Gasteiger charge is 2.27. The van der Waals surface area contributed by atoms with Gasteiger partial charge in [0.25, 0.3) is 0 Å². The number of rotatable bonds is 5. The van der Waals surface area contributed by atoms with Gasteiger partial charge in [-0.1, -0.05) is 24.3 Å². The van der Waals surface area contributed by atoms with Gasteiger partial charge in [0.2, 0.25) is 0 Å². The molecule has 0 aliphatic carbocycles. The second kappa shape index (κ2) is 9.67. The molecule has 2 aliphatic rings. The Labute approximate surface area is 188 Å². The molecule has 1 saturated heterocycles. The van der Waals surface area contributed by atoms with E-state index in [9.17, 15) is 14.0 Å². The molecule has 4 rings (SSSR count). The van der Waals surface area contributed by atoms with Crippen LogP contribution in [0.4, 0.5) is 15.8 Å². The van der Waals surface area contributed by atoms with Crippen molar-refractivity contribution in [2.24, 2.45) is 0 Å². The number of nitrogens with one attached hydrogen (secondary N) is 2. The third-order valence-corrected chi connectivity index (χ3v) is 6.38. The lowest BCUT2D eigenvalue weighted by atomic mass is 10.00. The Morgan fingerprint density at radius 1 is 1.00 bits per heavy atom. The summed E-state index contributed by atoms with van der Waals surface area (Å²) in [6.07, 6.45) is 1.01. The van der Waals surface area contributed by atoms with Crippen molar-refractivity contribution < 1.29 is 14.0 Å². The zero-order valence-corrected chi connectivity index (χ0v) is 18.6. The number of carbonyl (C=O) groups is 2. The lowest BCUT2D eigenvalue weighted by Gasteiger charge is -2.38. The highest BCUT2D eigenvalue weighted by molar-refractivity contribution is 6.39. The van der Waals surface area contributed by atoms with E-state index in [1.54, 1.807) is 6.07 Å². The first-order valence-corrected chi connectivity index (χ1v) is 11.0. The number of amides is 2. The first kappa shape index (κ1) is 22.2. The Balaban J connectivity index is 1.46. The number of fused-ring (bicyclic) bond motifs is 1. The number of carbonyl (C=O) groups excluding carboxylic acids is 2. The average molecular weight is 440 g/mol. The highest BCUT2D eigenvalue weighted by Crippen LogP contribution is 2.31. The van der Waals surface area contributed by atoms with Gasteiger partial charge in [-0.3, -0.25) is 14.5 Å². The number of halogens is 1. The van der Waals surface area contributed by atoms with Crippen LogP contribution in [0.5, 0.6) is 0 Å². The van der Waals surface area contributed by atoms with Gasteiger partial charge in [-0.2, -0.15) is 0 Å². The van der Waals surface area contributed by atoms with E-state index in [1.807, 2.05) is 0 Å². The lowest BCUT2D eigenvalue weighted by molar-refractivity contribution is -0.136. The van der Waals surface area contributed by atoms with Crippen molar-refractivity contribution in [2.75, 3.05) is 63.6 Å². The molecule has 0 aromatic heterocycles. The van der Waals surface area contributed by atoms with Gasteiger partial charge in [0.1, 0.15) is 5.82 Å². The predicted molar refractivity (Wildman–Crippen MR) is 123 cm³/mol. The van der Waals surface area contributed by atoms with Crippen molar-refractivity contribution in [3.8, 4) is 0 Å². The molecular weight excluding hydrogens is 409 g/mol. The van der Waals surface area contributed by atoms with Crippen molar-refractivity contribution in [1.82, 2.24) is 15.1 Å². The summed E-state index contributed by atoms with van der Waals surface area (Å²) >= 11 is 0. The molecule has 0 unspecified atom stereocenters. The summed E-state index contributed by atoms with van der Waals surface area (Å²) in [6, 6.07) is 12.3. The number of likely N-dealkylation sites (N-methyl/N-ethyl adjacent to an activating group) is 2. The van der Waals surface area contributed by atoms with Crippen LogP contribution in [0.3, 0.4) is 0 Å². The molecule has 32 heavy (non-hydrogen) atoms. The third-order valence-electron chi connectivity index (χ3n) is 6.38. The van der Waals surface area contributed by atoms with Gasteiger partial charge >= 0.3 is 11.8 Å². The van der Waals surface area contributed by atoms with Crippen molar-refractivity contribution in [1.29, 1.82) is 0 Å². The molecule has 2 N–H and O–H groups in total. The van der Waals surface area contributed by atoms with Gasteiger partial charge in [-0.05, 0) is 42.8 Å². The molecule has 0 radical (unpaired) electrons. The summed E-state index contributed by atoms with van der Waals surface area (Å²) in [5.74, 6) is -2.22. The van der Waals surface area contributed by atoms with E-state index < -0.39 is 17.6 Å². The normalized spacial score (nSPS) is 17.7. The molecule has 0 saturated carbocycles. The minimum Gasteiger partial charge on any atom is -0.374 e. The zero-order valence-electron chi connectivity index (χ0n) is 18.6. The molecule has 170 valence electrons. The van der Waals surface area contributed by atoms with Crippen LogP contribution in [0.1, 0.15) is 17.2 Å². The first-order valence-electron chi connectivity index (χ1n) is 11.0. The number of piperazine rings is 1. The van der Waals surface area contributed by atoms with E-state index in [4.69, 9.17) is 0 Å². The number of hydrogen-bond donors (Lipinski definition) is 2. The number of nitrogens with zero attached hydrogens (tertiary/aromatic N) is 3. The largest absolute Gasteiger partial charge is 0.374 e.